The molecule has 110 valence electrons. The van der Waals surface area contributed by atoms with Crippen molar-refractivity contribution in [2.75, 3.05) is 19.0 Å². The summed E-state index contributed by atoms with van der Waals surface area (Å²) in [5.74, 6) is -0.794. The average Bonchev–Trinajstić information content (AvgIpc) is 2.37. The van der Waals surface area contributed by atoms with E-state index in [2.05, 4.69) is 5.32 Å². The van der Waals surface area contributed by atoms with Crippen LogP contribution in [0.15, 0.2) is 24.3 Å². The Hall–Kier alpha value is -2.04. The van der Waals surface area contributed by atoms with Crippen LogP contribution in [0.1, 0.15) is 31.1 Å². The largest absolute Gasteiger partial charge is 0.449 e. The number of nitrogens with zero attached hydrogens (tertiary/aromatic N) is 1. The summed E-state index contributed by atoms with van der Waals surface area (Å²) < 4.78 is 5.16. The number of hydrogen-bond donors (Lipinski definition) is 1. The van der Waals surface area contributed by atoms with Gasteiger partial charge in [0.2, 0.25) is 0 Å². The predicted octanol–water partition coefficient (Wildman–Crippen LogP) is 1.82. The van der Waals surface area contributed by atoms with Gasteiger partial charge in [-0.2, -0.15) is 0 Å². The van der Waals surface area contributed by atoms with Crippen LogP contribution in [0, 0.1) is 0 Å². The molecule has 5 nitrogen and oxygen atoms in total. The summed E-state index contributed by atoms with van der Waals surface area (Å²) in [7, 11) is 3.78. The minimum atomic E-state index is -0.812. The van der Waals surface area contributed by atoms with Gasteiger partial charge in [0.25, 0.3) is 5.91 Å². The van der Waals surface area contributed by atoms with Crippen LogP contribution in [-0.4, -0.2) is 38.1 Å². The van der Waals surface area contributed by atoms with Gasteiger partial charge < -0.3 is 15.0 Å². The van der Waals surface area contributed by atoms with Gasteiger partial charge in [-0.05, 0) is 39.0 Å². The second-order valence-corrected chi connectivity index (χ2v) is 5.16. The number of anilines is 1. The van der Waals surface area contributed by atoms with E-state index in [9.17, 15) is 9.59 Å². The number of benzene rings is 1. The smallest absolute Gasteiger partial charge is 0.338 e. The fourth-order valence-corrected chi connectivity index (χ4v) is 1.60. The number of ether oxygens (including phenoxy) is 1. The third-order valence-electron chi connectivity index (χ3n) is 2.68. The van der Waals surface area contributed by atoms with Gasteiger partial charge >= 0.3 is 5.97 Å². The van der Waals surface area contributed by atoms with Gasteiger partial charge in [-0.15, -0.1) is 0 Å². The highest BCUT2D eigenvalue weighted by Crippen LogP contribution is 2.14. The summed E-state index contributed by atoms with van der Waals surface area (Å²) in [6, 6.07) is 7.09. The van der Waals surface area contributed by atoms with E-state index in [4.69, 9.17) is 4.74 Å². The Kier molecular flexibility index (Phi) is 5.55. The van der Waals surface area contributed by atoms with Crippen LogP contribution in [0.4, 0.5) is 5.69 Å². The highest BCUT2D eigenvalue weighted by Gasteiger charge is 2.19. The molecule has 1 rings (SSSR count). The van der Waals surface area contributed by atoms with Crippen LogP contribution in [0.3, 0.4) is 0 Å². The molecule has 1 N–H and O–H groups in total. The number of carbonyl (C=O) groups excluding carboxylic acids is 2. The molecule has 0 aliphatic heterocycles. The van der Waals surface area contributed by atoms with Crippen molar-refractivity contribution in [3.8, 4) is 0 Å². The van der Waals surface area contributed by atoms with E-state index in [1.807, 2.05) is 38.9 Å². The minimum absolute atomic E-state index is 0.0146. The Balaban J connectivity index is 2.71. The third-order valence-corrected chi connectivity index (χ3v) is 2.68. The van der Waals surface area contributed by atoms with E-state index in [-0.39, 0.29) is 11.9 Å². The van der Waals surface area contributed by atoms with E-state index < -0.39 is 12.1 Å². The molecule has 0 aromatic heterocycles. The lowest BCUT2D eigenvalue weighted by atomic mass is 10.2. The second kappa shape index (κ2) is 6.93. The van der Waals surface area contributed by atoms with Crippen molar-refractivity contribution in [2.45, 2.75) is 32.9 Å². The molecule has 0 aliphatic carbocycles. The van der Waals surface area contributed by atoms with Crippen molar-refractivity contribution >= 4 is 17.6 Å². The maximum absolute atomic E-state index is 12.0. The molecule has 1 atom stereocenters. The zero-order chi connectivity index (χ0) is 15.3. The number of rotatable bonds is 5. The summed E-state index contributed by atoms with van der Waals surface area (Å²) in [6.45, 7) is 5.27. The molecule has 0 aliphatic rings. The van der Waals surface area contributed by atoms with Crippen LogP contribution < -0.4 is 10.2 Å². The standard InChI is InChI=1S/C15H22N2O3/c1-10(2)16-14(18)11(3)20-15(19)12-7-6-8-13(9-12)17(4)5/h6-11H,1-5H3,(H,16,18). The first-order chi connectivity index (χ1) is 9.31. The lowest BCUT2D eigenvalue weighted by molar-refractivity contribution is -0.129. The molecule has 20 heavy (non-hydrogen) atoms. The van der Waals surface area contributed by atoms with Crippen molar-refractivity contribution in [3.05, 3.63) is 29.8 Å². The van der Waals surface area contributed by atoms with Gasteiger partial charge in [0.05, 0.1) is 5.56 Å². The van der Waals surface area contributed by atoms with Gasteiger partial charge in [0.1, 0.15) is 0 Å². The van der Waals surface area contributed by atoms with Crippen molar-refractivity contribution < 1.29 is 14.3 Å². The SMILES string of the molecule is CC(C)NC(=O)C(C)OC(=O)c1cccc(N(C)C)c1. The Labute approximate surface area is 119 Å². The van der Waals surface area contributed by atoms with Crippen molar-refractivity contribution in [3.63, 3.8) is 0 Å². The van der Waals surface area contributed by atoms with Crippen LogP contribution >= 0.6 is 0 Å². The number of amides is 1. The zero-order valence-corrected chi connectivity index (χ0v) is 12.6. The Morgan fingerprint density at radius 1 is 1.20 bits per heavy atom. The summed E-state index contributed by atoms with van der Waals surface area (Å²) >= 11 is 0. The van der Waals surface area contributed by atoms with Crippen LogP contribution in [0.5, 0.6) is 0 Å². The molecule has 0 heterocycles. The van der Waals surface area contributed by atoms with E-state index in [0.717, 1.165) is 5.69 Å². The number of nitrogens with one attached hydrogen (secondary N) is 1. The first kappa shape index (κ1) is 16.0. The van der Waals surface area contributed by atoms with E-state index >= 15 is 0 Å². The fourth-order valence-electron chi connectivity index (χ4n) is 1.60. The number of esters is 1. The molecule has 0 spiro atoms. The molecule has 0 saturated carbocycles. The second-order valence-electron chi connectivity index (χ2n) is 5.16. The molecular formula is C15H22N2O3. The monoisotopic (exact) mass is 278 g/mol. The summed E-state index contributed by atoms with van der Waals surface area (Å²) in [6.07, 6.45) is -0.812. The molecule has 0 bridgehead atoms. The molecule has 1 unspecified atom stereocenters. The maximum Gasteiger partial charge on any atom is 0.338 e. The molecule has 0 saturated heterocycles. The van der Waals surface area contributed by atoms with Crippen molar-refractivity contribution in [1.82, 2.24) is 5.32 Å². The zero-order valence-electron chi connectivity index (χ0n) is 12.6. The lowest BCUT2D eigenvalue weighted by Gasteiger charge is -2.16. The Bertz CT molecular complexity index is 484. The van der Waals surface area contributed by atoms with Crippen molar-refractivity contribution in [2.24, 2.45) is 0 Å². The highest BCUT2D eigenvalue weighted by atomic mass is 16.5. The first-order valence-electron chi connectivity index (χ1n) is 6.60. The van der Waals surface area contributed by atoms with Gasteiger partial charge in [0.15, 0.2) is 6.10 Å². The molecule has 1 aromatic carbocycles. The molecule has 5 heteroatoms. The summed E-state index contributed by atoms with van der Waals surface area (Å²) in [5, 5.41) is 2.70. The maximum atomic E-state index is 12.0. The molecule has 0 radical (unpaired) electrons. The predicted molar refractivity (Wildman–Crippen MR) is 78.9 cm³/mol. The van der Waals surface area contributed by atoms with E-state index in [1.54, 1.807) is 25.1 Å². The lowest BCUT2D eigenvalue weighted by Crippen LogP contribution is -2.39. The molecular weight excluding hydrogens is 256 g/mol. The molecule has 0 fully saturated rings. The minimum Gasteiger partial charge on any atom is -0.449 e. The van der Waals surface area contributed by atoms with Gasteiger partial charge in [-0.25, -0.2) is 4.79 Å². The quantitative estimate of drug-likeness (QED) is 0.835. The molecule has 1 aromatic rings. The summed E-state index contributed by atoms with van der Waals surface area (Å²) in [4.78, 5) is 25.6. The first-order valence-corrected chi connectivity index (χ1v) is 6.60. The van der Waals surface area contributed by atoms with Gasteiger partial charge in [-0.3, -0.25) is 4.79 Å². The topological polar surface area (TPSA) is 58.6 Å². The van der Waals surface area contributed by atoms with Crippen LogP contribution in [-0.2, 0) is 9.53 Å². The normalized spacial score (nSPS) is 11.9. The summed E-state index contributed by atoms with van der Waals surface area (Å²) in [5.41, 5.74) is 1.33. The Morgan fingerprint density at radius 2 is 1.85 bits per heavy atom. The molecule has 1 amide bonds. The Morgan fingerprint density at radius 3 is 2.40 bits per heavy atom. The fraction of sp³-hybridized carbons (Fsp3) is 0.467. The van der Waals surface area contributed by atoms with Gasteiger partial charge in [-0.1, -0.05) is 6.07 Å². The van der Waals surface area contributed by atoms with Crippen LogP contribution in [0.2, 0.25) is 0 Å². The van der Waals surface area contributed by atoms with Gasteiger partial charge in [0, 0.05) is 25.8 Å². The van der Waals surface area contributed by atoms with E-state index in [0.29, 0.717) is 5.56 Å². The van der Waals surface area contributed by atoms with Crippen LogP contribution in [0.25, 0.3) is 0 Å². The third kappa shape index (κ3) is 4.57. The van der Waals surface area contributed by atoms with Crippen molar-refractivity contribution in [1.29, 1.82) is 0 Å². The highest BCUT2D eigenvalue weighted by molar-refractivity contribution is 5.93. The number of carbonyl (C=O) groups is 2. The number of hydrogen-bond acceptors (Lipinski definition) is 4. The van der Waals surface area contributed by atoms with E-state index in [1.165, 1.54) is 0 Å². The average molecular weight is 278 g/mol.